The molecule has 0 radical (unpaired) electrons. The average molecular weight is 629 g/mol. The quantitative estimate of drug-likeness (QED) is 0.307. The topological polar surface area (TPSA) is 112 Å². The van der Waals surface area contributed by atoms with Gasteiger partial charge in [-0.2, -0.15) is 0 Å². The Morgan fingerprint density at radius 2 is 1.80 bits per heavy atom. The molecule has 11 heteroatoms. The highest BCUT2D eigenvalue weighted by Crippen LogP contribution is 2.72. The molecule has 0 aliphatic carbocycles. The maximum atomic E-state index is 15.0. The molecule has 6 atom stereocenters. The fourth-order valence-corrected chi connectivity index (χ4v) is 10.1. The zero-order valence-corrected chi connectivity index (χ0v) is 26.6. The molecule has 1 spiro atoms. The molecule has 236 valence electrons. The van der Waals surface area contributed by atoms with E-state index >= 15 is 0 Å². The summed E-state index contributed by atoms with van der Waals surface area (Å²) in [5.74, 6) is -1.90. The van der Waals surface area contributed by atoms with Gasteiger partial charge in [0.2, 0.25) is 17.7 Å². The third-order valence-corrected chi connectivity index (χ3v) is 11.8. The van der Waals surface area contributed by atoms with Crippen molar-refractivity contribution in [1.82, 2.24) is 29.7 Å². The second-order valence-electron chi connectivity index (χ2n) is 12.6. The van der Waals surface area contributed by atoms with E-state index in [1.54, 1.807) is 50.3 Å². The maximum absolute atomic E-state index is 15.0. The lowest BCUT2D eigenvalue weighted by Crippen LogP contribution is -2.58. The molecular weight excluding hydrogens is 588 g/mol. The highest BCUT2D eigenvalue weighted by atomic mass is 32.2. The summed E-state index contributed by atoms with van der Waals surface area (Å²) in [7, 11) is 1.73. The number of fused-ring (bicyclic) bond motifs is 2. The molecule has 2 bridgehead atoms. The van der Waals surface area contributed by atoms with Gasteiger partial charge in [-0.15, -0.1) is 30.0 Å². The second kappa shape index (κ2) is 12.1. The standard InChI is InChI=1S/C34H40N6O4S/c1-5-18-37(4)30(42)27-28-31(43)40(24(21-41)20-23-12-8-7-9-13-23)29(34(28)17-16-33(27,3)45-34)32(44)38(19-6-2)22-39-26-15-11-10-14-25(26)35-36-39/h5-15,24,27-29,41H,1-2,16-22H2,3-4H3/t24-,27-,28+,29?,33+,34?/m1/s1. The van der Waals surface area contributed by atoms with Crippen LogP contribution in [-0.2, 0) is 27.5 Å². The van der Waals surface area contributed by atoms with E-state index in [2.05, 4.69) is 30.4 Å². The summed E-state index contributed by atoms with van der Waals surface area (Å²) < 4.78 is 0.348. The number of thioether (sulfide) groups is 1. The van der Waals surface area contributed by atoms with Crippen molar-refractivity contribution in [2.24, 2.45) is 11.8 Å². The van der Waals surface area contributed by atoms with Gasteiger partial charge in [-0.1, -0.05) is 59.8 Å². The number of rotatable bonds is 12. The summed E-state index contributed by atoms with van der Waals surface area (Å²) >= 11 is 1.62. The largest absolute Gasteiger partial charge is 0.394 e. The van der Waals surface area contributed by atoms with Crippen molar-refractivity contribution in [3.05, 3.63) is 85.5 Å². The Morgan fingerprint density at radius 3 is 2.51 bits per heavy atom. The van der Waals surface area contributed by atoms with Gasteiger partial charge in [0, 0.05) is 24.9 Å². The zero-order chi connectivity index (χ0) is 31.9. The fourth-order valence-electron chi connectivity index (χ4n) is 7.80. The van der Waals surface area contributed by atoms with E-state index in [4.69, 9.17) is 0 Å². The van der Waals surface area contributed by atoms with Gasteiger partial charge in [0.15, 0.2) is 0 Å². The van der Waals surface area contributed by atoms with Gasteiger partial charge in [-0.05, 0) is 43.9 Å². The van der Waals surface area contributed by atoms with Crippen LogP contribution in [0, 0.1) is 11.8 Å². The summed E-state index contributed by atoms with van der Waals surface area (Å²) in [5, 5.41) is 19.4. The number of para-hydroxylation sites is 1. The van der Waals surface area contributed by atoms with Crippen LogP contribution in [0.4, 0.5) is 0 Å². The number of carbonyl (C=O) groups is 3. The van der Waals surface area contributed by atoms with Gasteiger partial charge in [0.05, 0.1) is 34.7 Å². The van der Waals surface area contributed by atoms with E-state index < -0.39 is 33.4 Å². The first kappa shape index (κ1) is 31.0. The van der Waals surface area contributed by atoms with Crippen molar-refractivity contribution in [1.29, 1.82) is 0 Å². The number of likely N-dealkylation sites (tertiary alicyclic amines) is 1. The van der Waals surface area contributed by atoms with Gasteiger partial charge < -0.3 is 19.8 Å². The molecule has 3 aromatic rings. The van der Waals surface area contributed by atoms with Gasteiger partial charge in [0.1, 0.15) is 18.2 Å². The number of nitrogens with zero attached hydrogens (tertiary/aromatic N) is 6. The Labute approximate surface area is 267 Å². The summed E-state index contributed by atoms with van der Waals surface area (Å²) in [6.07, 6.45) is 5.03. The number of likely N-dealkylation sites (N-methyl/N-ethyl adjacent to an activating group) is 1. The Balaban J connectivity index is 1.44. The summed E-state index contributed by atoms with van der Waals surface area (Å²) in [6.45, 7) is 10.1. The molecule has 3 saturated heterocycles. The van der Waals surface area contributed by atoms with Crippen molar-refractivity contribution in [3.63, 3.8) is 0 Å². The number of amides is 3. The van der Waals surface area contributed by atoms with Crippen molar-refractivity contribution >= 4 is 40.5 Å². The maximum Gasteiger partial charge on any atom is 0.248 e. The number of aliphatic hydroxyl groups excluding tert-OH is 1. The number of hydrogen-bond acceptors (Lipinski definition) is 7. The van der Waals surface area contributed by atoms with Gasteiger partial charge >= 0.3 is 0 Å². The smallest absolute Gasteiger partial charge is 0.248 e. The van der Waals surface area contributed by atoms with Crippen molar-refractivity contribution in [2.45, 2.75) is 54.4 Å². The molecule has 3 amide bonds. The Kier molecular flexibility index (Phi) is 8.34. The zero-order valence-electron chi connectivity index (χ0n) is 25.8. The predicted octanol–water partition coefficient (Wildman–Crippen LogP) is 3.13. The van der Waals surface area contributed by atoms with Crippen LogP contribution in [-0.4, -0.2) is 101 Å². The molecule has 1 N–H and O–H groups in total. The second-order valence-corrected chi connectivity index (χ2v) is 14.5. The molecule has 1 aromatic heterocycles. The molecule has 3 fully saturated rings. The molecular formula is C34H40N6O4S. The SMILES string of the molecule is C=CCN(C)C(=O)[C@H]1[C@H]2C(=O)N([C@@H](CO)Cc3ccccc3)C(C(=O)N(CC=C)Cn3nnc4ccccc43)C23CC[C@]1(C)S3. The van der Waals surface area contributed by atoms with Crippen LogP contribution in [0.25, 0.3) is 11.0 Å². The molecule has 0 saturated carbocycles. The predicted molar refractivity (Wildman–Crippen MR) is 174 cm³/mol. The van der Waals surface area contributed by atoms with E-state index in [9.17, 15) is 19.5 Å². The number of carbonyl (C=O) groups excluding carboxylic acids is 3. The third kappa shape index (κ3) is 5.06. The third-order valence-electron chi connectivity index (χ3n) is 9.80. The number of hydrogen-bond donors (Lipinski definition) is 1. The summed E-state index contributed by atoms with van der Waals surface area (Å²) in [6, 6.07) is 15.7. The first-order valence-corrected chi connectivity index (χ1v) is 16.2. The minimum Gasteiger partial charge on any atom is -0.394 e. The molecule has 6 rings (SSSR count). The van der Waals surface area contributed by atoms with E-state index in [0.717, 1.165) is 11.1 Å². The molecule has 4 heterocycles. The van der Waals surface area contributed by atoms with E-state index in [1.807, 2.05) is 54.6 Å². The molecule has 10 nitrogen and oxygen atoms in total. The monoisotopic (exact) mass is 628 g/mol. The first-order chi connectivity index (χ1) is 21.7. The van der Waals surface area contributed by atoms with Crippen LogP contribution in [0.15, 0.2) is 79.9 Å². The van der Waals surface area contributed by atoms with Crippen LogP contribution >= 0.6 is 11.8 Å². The van der Waals surface area contributed by atoms with Crippen LogP contribution in [0.2, 0.25) is 0 Å². The number of aromatic nitrogens is 3. The number of aliphatic hydroxyl groups is 1. The lowest BCUT2D eigenvalue weighted by Gasteiger charge is -2.39. The first-order valence-electron chi connectivity index (χ1n) is 15.4. The van der Waals surface area contributed by atoms with Crippen LogP contribution in [0.5, 0.6) is 0 Å². The van der Waals surface area contributed by atoms with Crippen molar-refractivity contribution < 1.29 is 19.5 Å². The minimum atomic E-state index is -0.889. The minimum absolute atomic E-state index is 0.111. The molecule has 45 heavy (non-hydrogen) atoms. The van der Waals surface area contributed by atoms with Gasteiger partial charge in [-0.25, -0.2) is 4.68 Å². The lowest BCUT2D eigenvalue weighted by atomic mass is 9.66. The van der Waals surface area contributed by atoms with E-state index in [1.165, 1.54) is 0 Å². The fraction of sp³-hybridized carbons (Fsp3) is 0.441. The van der Waals surface area contributed by atoms with E-state index in [0.29, 0.717) is 31.3 Å². The van der Waals surface area contributed by atoms with Crippen molar-refractivity contribution in [3.8, 4) is 0 Å². The molecule has 2 aromatic carbocycles. The summed E-state index contributed by atoms with van der Waals surface area (Å²) in [4.78, 5) is 48.7. The summed E-state index contributed by atoms with van der Waals surface area (Å²) in [5.41, 5.74) is 2.45. The van der Waals surface area contributed by atoms with Crippen LogP contribution in [0.1, 0.15) is 25.3 Å². The Bertz CT molecular complexity index is 1630. The molecule has 3 aliphatic rings. The highest BCUT2D eigenvalue weighted by molar-refractivity contribution is 8.02. The molecule has 3 aliphatic heterocycles. The average Bonchev–Trinajstić information content (AvgIpc) is 3.75. The van der Waals surface area contributed by atoms with E-state index in [-0.39, 0.29) is 37.5 Å². The Hall–Kier alpha value is -3.96. The number of benzene rings is 2. The van der Waals surface area contributed by atoms with Gasteiger partial charge in [0.25, 0.3) is 0 Å². The van der Waals surface area contributed by atoms with Crippen LogP contribution in [0.3, 0.4) is 0 Å². The lowest BCUT2D eigenvalue weighted by molar-refractivity contribution is -0.147. The van der Waals surface area contributed by atoms with Crippen LogP contribution < -0.4 is 0 Å². The molecule has 2 unspecified atom stereocenters. The normalized spacial score (nSPS) is 27.4. The highest BCUT2D eigenvalue weighted by Gasteiger charge is 2.78. The van der Waals surface area contributed by atoms with Gasteiger partial charge in [-0.3, -0.25) is 14.4 Å². The van der Waals surface area contributed by atoms with Crippen molar-refractivity contribution in [2.75, 3.05) is 26.7 Å². The Morgan fingerprint density at radius 1 is 1.09 bits per heavy atom.